The van der Waals surface area contributed by atoms with Crippen LogP contribution in [0.1, 0.15) is 25.8 Å². The van der Waals surface area contributed by atoms with Crippen molar-refractivity contribution in [3.05, 3.63) is 36.0 Å². The first-order valence-electron chi connectivity index (χ1n) is 9.52. The molecule has 2 rings (SSSR count). The van der Waals surface area contributed by atoms with Crippen molar-refractivity contribution in [2.24, 2.45) is 17.4 Å². The predicted molar refractivity (Wildman–Crippen MR) is 110 cm³/mol. The van der Waals surface area contributed by atoms with Crippen molar-refractivity contribution in [3.63, 3.8) is 0 Å². The van der Waals surface area contributed by atoms with Crippen molar-refractivity contribution in [1.82, 2.24) is 15.6 Å². The van der Waals surface area contributed by atoms with Crippen molar-refractivity contribution in [2.45, 2.75) is 44.8 Å². The van der Waals surface area contributed by atoms with E-state index in [1.807, 2.05) is 24.3 Å². The van der Waals surface area contributed by atoms with Crippen molar-refractivity contribution in [2.75, 3.05) is 0 Å². The van der Waals surface area contributed by atoms with Crippen LogP contribution in [0.15, 0.2) is 30.5 Å². The highest BCUT2D eigenvalue weighted by Gasteiger charge is 2.30. The van der Waals surface area contributed by atoms with Gasteiger partial charge in [0.1, 0.15) is 12.1 Å². The summed E-state index contributed by atoms with van der Waals surface area (Å²) in [7, 11) is 0. The summed E-state index contributed by atoms with van der Waals surface area (Å²) in [6, 6.07) is 3.86. The number of aromatic amines is 1. The monoisotopic (exact) mass is 417 g/mol. The van der Waals surface area contributed by atoms with Crippen molar-refractivity contribution in [3.8, 4) is 0 Å². The molecule has 0 bridgehead atoms. The zero-order valence-corrected chi connectivity index (χ0v) is 16.8. The van der Waals surface area contributed by atoms with Gasteiger partial charge in [0.15, 0.2) is 0 Å². The van der Waals surface area contributed by atoms with E-state index in [1.54, 1.807) is 20.0 Å². The first-order valence-corrected chi connectivity index (χ1v) is 9.52. The Morgan fingerprint density at radius 2 is 1.70 bits per heavy atom. The third-order valence-electron chi connectivity index (χ3n) is 4.77. The van der Waals surface area contributed by atoms with Crippen LogP contribution in [0.25, 0.3) is 10.9 Å². The van der Waals surface area contributed by atoms with Crippen molar-refractivity contribution >= 4 is 34.6 Å². The number of aliphatic carboxylic acids is 1. The standard InChI is InChI=1S/C20H27N5O5/c1-10(2)17(22)19(28)24-14(8-16(21)26)18(27)25-15(20(29)30)7-11-9-23-13-6-4-3-5-12(11)13/h3-6,9-10,14-15,17,23H,7-8,22H2,1-2H3,(H2,21,26)(H,24,28)(H,25,27)(H,29,30). The van der Waals surface area contributed by atoms with Gasteiger partial charge in [0.05, 0.1) is 12.5 Å². The highest BCUT2D eigenvalue weighted by molar-refractivity contribution is 5.95. The first-order chi connectivity index (χ1) is 14.1. The number of H-pyrrole nitrogens is 1. The van der Waals surface area contributed by atoms with Crippen LogP contribution in [0.2, 0.25) is 0 Å². The number of rotatable bonds is 10. The van der Waals surface area contributed by atoms with Crippen molar-refractivity contribution in [1.29, 1.82) is 0 Å². The number of carboxylic acid groups (broad SMARTS) is 1. The third kappa shape index (κ3) is 5.80. The fourth-order valence-corrected chi connectivity index (χ4v) is 2.97. The number of carbonyl (C=O) groups excluding carboxylic acids is 3. The smallest absolute Gasteiger partial charge is 0.326 e. The molecular weight excluding hydrogens is 390 g/mol. The molecule has 0 aliphatic rings. The Morgan fingerprint density at radius 3 is 2.30 bits per heavy atom. The number of primary amides is 1. The molecule has 0 saturated carbocycles. The molecule has 0 spiro atoms. The molecule has 1 heterocycles. The lowest BCUT2D eigenvalue weighted by atomic mass is 10.0. The summed E-state index contributed by atoms with van der Waals surface area (Å²) < 4.78 is 0. The van der Waals surface area contributed by atoms with Crippen LogP contribution < -0.4 is 22.1 Å². The Labute approximate surface area is 173 Å². The predicted octanol–water partition coefficient (Wildman–Crippen LogP) is -0.377. The first kappa shape index (κ1) is 22.9. The molecule has 8 N–H and O–H groups in total. The largest absolute Gasteiger partial charge is 0.480 e. The fourth-order valence-electron chi connectivity index (χ4n) is 2.97. The summed E-state index contributed by atoms with van der Waals surface area (Å²) in [4.78, 5) is 51.0. The minimum Gasteiger partial charge on any atom is -0.480 e. The van der Waals surface area contributed by atoms with Crippen LogP contribution in [-0.2, 0) is 25.6 Å². The van der Waals surface area contributed by atoms with E-state index in [4.69, 9.17) is 11.5 Å². The normalized spacial score (nSPS) is 14.1. The van der Waals surface area contributed by atoms with E-state index in [9.17, 15) is 24.3 Å². The molecule has 2 aromatic rings. The van der Waals surface area contributed by atoms with Crippen LogP contribution in [0.4, 0.5) is 0 Å². The van der Waals surface area contributed by atoms with Gasteiger partial charge in [0.25, 0.3) is 0 Å². The average molecular weight is 417 g/mol. The van der Waals surface area contributed by atoms with Gasteiger partial charge in [0, 0.05) is 23.5 Å². The molecule has 3 unspecified atom stereocenters. The van der Waals surface area contributed by atoms with Gasteiger partial charge >= 0.3 is 5.97 Å². The molecule has 10 nitrogen and oxygen atoms in total. The highest BCUT2D eigenvalue weighted by Crippen LogP contribution is 2.19. The Bertz CT molecular complexity index is 939. The number of benzene rings is 1. The number of fused-ring (bicyclic) bond motifs is 1. The number of carboxylic acids is 1. The number of carbonyl (C=O) groups is 4. The molecule has 1 aromatic carbocycles. The Hall–Kier alpha value is -3.40. The number of hydrogen-bond donors (Lipinski definition) is 6. The molecular formula is C20H27N5O5. The quantitative estimate of drug-likeness (QED) is 0.306. The van der Waals surface area contributed by atoms with Gasteiger partial charge in [-0.15, -0.1) is 0 Å². The second-order valence-corrected chi connectivity index (χ2v) is 7.46. The number of nitrogens with two attached hydrogens (primary N) is 2. The number of amides is 3. The fraction of sp³-hybridized carbons (Fsp3) is 0.400. The summed E-state index contributed by atoms with van der Waals surface area (Å²) in [5, 5.41) is 15.2. The molecule has 0 radical (unpaired) electrons. The van der Waals surface area contributed by atoms with Crippen LogP contribution >= 0.6 is 0 Å². The maximum absolute atomic E-state index is 12.7. The van der Waals surface area contributed by atoms with Crippen LogP contribution in [0.5, 0.6) is 0 Å². The summed E-state index contributed by atoms with van der Waals surface area (Å²) in [6.45, 7) is 3.46. The minimum absolute atomic E-state index is 0.00777. The number of nitrogens with one attached hydrogen (secondary N) is 3. The molecule has 162 valence electrons. The SMILES string of the molecule is CC(C)C(N)C(=O)NC(CC(N)=O)C(=O)NC(Cc1c[nH]c2ccccc12)C(=O)O. The zero-order valence-electron chi connectivity index (χ0n) is 16.8. The van der Waals surface area contributed by atoms with Crippen molar-refractivity contribution < 1.29 is 24.3 Å². The topological polar surface area (TPSA) is 180 Å². The van der Waals surface area contributed by atoms with Gasteiger partial charge < -0.3 is 32.2 Å². The molecule has 30 heavy (non-hydrogen) atoms. The van der Waals surface area contributed by atoms with Gasteiger partial charge in [-0.1, -0.05) is 32.0 Å². The molecule has 0 aliphatic heterocycles. The summed E-state index contributed by atoms with van der Waals surface area (Å²) >= 11 is 0. The minimum atomic E-state index is -1.33. The second kappa shape index (κ2) is 9.88. The van der Waals surface area contributed by atoms with Gasteiger partial charge in [-0.05, 0) is 17.5 Å². The average Bonchev–Trinajstić information content (AvgIpc) is 3.08. The number of para-hydroxylation sites is 1. The van der Waals surface area contributed by atoms with E-state index in [-0.39, 0.29) is 12.3 Å². The molecule has 3 amide bonds. The van der Waals surface area contributed by atoms with E-state index >= 15 is 0 Å². The second-order valence-electron chi connectivity index (χ2n) is 7.46. The third-order valence-corrected chi connectivity index (χ3v) is 4.77. The lowest BCUT2D eigenvalue weighted by Crippen LogP contribution is -2.56. The van der Waals surface area contributed by atoms with Gasteiger partial charge in [0.2, 0.25) is 17.7 Å². The maximum atomic E-state index is 12.7. The summed E-state index contributed by atoms with van der Waals surface area (Å²) in [5.74, 6) is -3.73. The molecule has 0 saturated heterocycles. The highest BCUT2D eigenvalue weighted by atomic mass is 16.4. The Kier molecular flexibility index (Phi) is 7.54. The molecule has 0 fully saturated rings. The van der Waals surface area contributed by atoms with Crippen LogP contribution in [0.3, 0.4) is 0 Å². The molecule has 10 heteroatoms. The zero-order chi connectivity index (χ0) is 22.4. The van der Waals surface area contributed by atoms with E-state index in [1.165, 1.54) is 0 Å². The molecule has 0 aliphatic carbocycles. The van der Waals surface area contributed by atoms with E-state index in [0.29, 0.717) is 5.56 Å². The maximum Gasteiger partial charge on any atom is 0.326 e. The lowest BCUT2D eigenvalue weighted by molar-refractivity contribution is -0.142. The van der Waals surface area contributed by atoms with Crippen LogP contribution in [-0.4, -0.2) is 51.9 Å². The van der Waals surface area contributed by atoms with Gasteiger partial charge in [-0.2, -0.15) is 0 Å². The summed E-state index contributed by atoms with van der Waals surface area (Å²) in [6.07, 6.45) is 1.20. The van der Waals surface area contributed by atoms with E-state index in [2.05, 4.69) is 15.6 Å². The molecule has 1 aromatic heterocycles. The van der Waals surface area contributed by atoms with E-state index < -0.39 is 48.2 Å². The van der Waals surface area contributed by atoms with E-state index in [0.717, 1.165) is 10.9 Å². The lowest BCUT2D eigenvalue weighted by Gasteiger charge is -2.23. The Morgan fingerprint density at radius 1 is 1.07 bits per heavy atom. The van der Waals surface area contributed by atoms with Gasteiger partial charge in [-0.3, -0.25) is 14.4 Å². The van der Waals surface area contributed by atoms with Crippen LogP contribution in [0, 0.1) is 5.92 Å². The Balaban J connectivity index is 2.16. The molecule has 3 atom stereocenters. The number of aromatic nitrogens is 1. The number of hydrogen-bond acceptors (Lipinski definition) is 5. The summed E-state index contributed by atoms with van der Waals surface area (Å²) in [5.41, 5.74) is 12.5. The van der Waals surface area contributed by atoms with Gasteiger partial charge in [-0.25, -0.2) is 4.79 Å².